The van der Waals surface area contributed by atoms with Gasteiger partial charge in [0.25, 0.3) is 0 Å². The summed E-state index contributed by atoms with van der Waals surface area (Å²) in [5.41, 5.74) is 0. The number of hydrogen-bond donors (Lipinski definition) is 1. The second kappa shape index (κ2) is 6.47. The standard InChI is InChI=1S/C13H15BrO2S/c14-10-5-1-2-7-13(10)17-9-11(15)12-6-3-4-8-16-12/h1-2,5-7,11,15H,3-4,8-9H2. The third-order valence-corrected chi connectivity index (χ3v) is 4.63. The van der Waals surface area contributed by atoms with Crippen LogP contribution in [0.3, 0.4) is 0 Å². The number of thioether (sulfide) groups is 1. The van der Waals surface area contributed by atoms with Gasteiger partial charge in [-0.1, -0.05) is 12.1 Å². The van der Waals surface area contributed by atoms with Crippen LogP contribution in [0.15, 0.2) is 45.5 Å². The van der Waals surface area contributed by atoms with Gasteiger partial charge in [0.1, 0.15) is 11.9 Å². The van der Waals surface area contributed by atoms with Crippen molar-refractivity contribution in [2.75, 3.05) is 12.4 Å². The van der Waals surface area contributed by atoms with Crippen LogP contribution >= 0.6 is 27.7 Å². The zero-order valence-electron chi connectivity index (χ0n) is 9.43. The van der Waals surface area contributed by atoms with Gasteiger partial charge in [-0.3, -0.25) is 0 Å². The molecule has 17 heavy (non-hydrogen) atoms. The Morgan fingerprint density at radius 2 is 2.24 bits per heavy atom. The predicted octanol–water partition coefficient (Wildman–Crippen LogP) is 3.60. The predicted molar refractivity (Wildman–Crippen MR) is 74.1 cm³/mol. The minimum Gasteiger partial charge on any atom is -0.495 e. The number of allylic oxidation sites excluding steroid dienone is 1. The first-order chi connectivity index (χ1) is 8.27. The van der Waals surface area contributed by atoms with Crippen molar-refractivity contribution in [3.8, 4) is 0 Å². The number of ether oxygens (including phenoxy) is 1. The van der Waals surface area contributed by atoms with Crippen molar-refractivity contribution in [3.63, 3.8) is 0 Å². The molecule has 0 saturated heterocycles. The van der Waals surface area contributed by atoms with E-state index >= 15 is 0 Å². The van der Waals surface area contributed by atoms with Gasteiger partial charge >= 0.3 is 0 Å². The highest BCUT2D eigenvalue weighted by Gasteiger charge is 2.15. The molecule has 1 aliphatic rings. The Labute approximate surface area is 114 Å². The molecule has 4 heteroatoms. The monoisotopic (exact) mass is 314 g/mol. The molecule has 2 nitrogen and oxygen atoms in total. The lowest BCUT2D eigenvalue weighted by Crippen LogP contribution is -2.18. The maximum absolute atomic E-state index is 10.00. The highest BCUT2D eigenvalue weighted by Crippen LogP contribution is 2.28. The summed E-state index contributed by atoms with van der Waals surface area (Å²) in [7, 11) is 0. The van der Waals surface area contributed by atoms with Gasteiger partial charge in [-0.25, -0.2) is 0 Å². The van der Waals surface area contributed by atoms with Crippen LogP contribution in [0.2, 0.25) is 0 Å². The van der Waals surface area contributed by atoms with E-state index in [9.17, 15) is 5.11 Å². The quantitative estimate of drug-likeness (QED) is 0.861. The van der Waals surface area contributed by atoms with Gasteiger partial charge in [0.05, 0.1) is 6.61 Å². The zero-order chi connectivity index (χ0) is 12.1. The average Bonchev–Trinajstić information content (AvgIpc) is 2.38. The maximum Gasteiger partial charge on any atom is 0.121 e. The Hall–Kier alpha value is -0.450. The number of aliphatic hydroxyl groups is 1. The number of hydrogen-bond acceptors (Lipinski definition) is 3. The van der Waals surface area contributed by atoms with E-state index in [4.69, 9.17) is 4.74 Å². The molecule has 0 aliphatic carbocycles. The molecular formula is C13H15BrO2S. The molecule has 1 aliphatic heterocycles. The van der Waals surface area contributed by atoms with E-state index < -0.39 is 6.10 Å². The minimum atomic E-state index is -0.507. The fourth-order valence-corrected chi connectivity index (χ4v) is 3.13. The Kier molecular flexibility index (Phi) is 4.95. The summed E-state index contributed by atoms with van der Waals surface area (Å²) in [5.74, 6) is 1.35. The summed E-state index contributed by atoms with van der Waals surface area (Å²) in [6, 6.07) is 8.02. The second-order valence-electron chi connectivity index (χ2n) is 3.85. The van der Waals surface area contributed by atoms with E-state index in [2.05, 4.69) is 15.9 Å². The molecule has 0 saturated carbocycles. The molecule has 0 radical (unpaired) electrons. The molecular weight excluding hydrogens is 300 g/mol. The molecule has 1 unspecified atom stereocenters. The summed E-state index contributed by atoms with van der Waals surface area (Å²) >= 11 is 5.13. The first-order valence-electron chi connectivity index (χ1n) is 5.65. The lowest BCUT2D eigenvalue weighted by atomic mass is 10.2. The van der Waals surface area contributed by atoms with Gasteiger partial charge in [0, 0.05) is 15.1 Å². The van der Waals surface area contributed by atoms with E-state index in [1.807, 2.05) is 30.3 Å². The van der Waals surface area contributed by atoms with Crippen molar-refractivity contribution in [1.82, 2.24) is 0 Å². The van der Waals surface area contributed by atoms with E-state index in [-0.39, 0.29) is 0 Å². The van der Waals surface area contributed by atoms with Crippen molar-refractivity contribution in [3.05, 3.63) is 40.6 Å². The molecule has 1 atom stereocenters. The minimum absolute atomic E-state index is 0.507. The van der Waals surface area contributed by atoms with E-state index in [0.29, 0.717) is 5.75 Å². The smallest absolute Gasteiger partial charge is 0.121 e. The van der Waals surface area contributed by atoms with Crippen LogP contribution in [0.25, 0.3) is 0 Å². The van der Waals surface area contributed by atoms with Crippen molar-refractivity contribution in [2.45, 2.75) is 23.8 Å². The first-order valence-corrected chi connectivity index (χ1v) is 7.43. The lowest BCUT2D eigenvalue weighted by Gasteiger charge is -2.19. The second-order valence-corrected chi connectivity index (χ2v) is 5.77. The van der Waals surface area contributed by atoms with Crippen LogP contribution in [0, 0.1) is 0 Å². The zero-order valence-corrected chi connectivity index (χ0v) is 11.8. The molecule has 2 rings (SSSR count). The Morgan fingerprint density at radius 1 is 1.41 bits per heavy atom. The number of benzene rings is 1. The highest BCUT2D eigenvalue weighted by atomic mass is 79.9. The van der Waals surface area contributed by atoms with Crippen molar-refractivity contribution < 1.29 is 9.84 Å². The molecule has 92 valence electrons. The largest absolute Gasteiger partial charge is 0.495 e. The molecule has 1 aromatic rings. The Morgan fingerprint density at radius 3 is 2.94 bits per heavy atom. The first kappa shape index (κ1) is 13.0. The van der Waals surface area contributed by atoms with E-state index in [1.54, 1.807) is 11.8 Å². The molecule has 1 heterocycles. The molecule has 0 bridgehead atoms. The molecule has 0 aromatic heterocycles. The SMILES string of the molecule is OC(CSc1ccccc1Br)C1=CCCCO1. The normalized spacial score (nSPS) is 17.2. The van der Waals surface area contributed by atoms with Crippen LogP contribution < -0.4 is 0 Å². The lowest BCUT2D eigenvalue weighted by molar-refractivity contribution is 0.104. The number of aliphatic hydroxyl groups excluding tert-OH is 1. The number of rotatable bonds is 4. The van der Waals surface area contributed by atoms with Gasteiger partial charge in [-0.05, 0) is 47.0 Å². The summed E-state index contributed by atoms with van der Waals surface area (Å²) < 4.78 is 6.51. The summed E-state index contributed by atoms with van der Waals surface area (Å²) in [6.07, 6.45) is 3.54. The maximum atomic E-state index is 10.00. The van der Waals surface area contributed by atoms with E-state index in [1.165, 1.54) is 0 Å². The van der Waals surface area contributed by atoms with Crippen LogP contribution in [0.5, 0.6) is 0 Å². The third kappa shape index (κ3) is 3.76. The fraction of sp³-hybridized carbons (Fsp3) is 0.385. The van der Waals surface area contributed by atoms with Crippen LogP contribution in [0.1, 0.15) is 12.8 Å². The third-order valence-electron chi connectivity index (χ3n) is 2.52. The van der Waals surface area contributed by atoms with Gasteiger partial charge in [-0.2, -0.15) is 0 Å². The Balaban J connectivity index is 1.89. The van der Waals surface area contributed by atoms with Gasteiger partial charge in [0.2, 0.25) is 0 Å². The van der Waals surface area contributed by atoms with Crippen LogP contribution in [0.4, 0.5) is 0 Å². The number of halogens is 1. The summed E-state index contributed by atoms with van der Waals surface area (Å²) in [6.45, 7) is 0.725. The highest BCUT2D eigenvalue weighted by molar-refractivity contribution is 9.10. The topological polar surface area (TPSA) is 29.5 Å². The summed E-state index contributed by atoms with van der Waals surface area (Å²) in [5, 5.41) is 10.00. The van der Waals surface area contributed by atoms with Crippen molar-refractivity contribution in [2.24, 2.45) is 0 Å². The van der Waals surface area contributed by atoms with E-state index in [0.717, 1.165) is 34.6 Å². The molecule has 1 aromatic carbocycles. The van der Waals surface area contributed by atoms with Crippen LogP contribution in [-0.4, -0.2) is 23.6 Å². The van der Waals surface area contributed by atoms with Gasteiger partial charge in [0.15, 0.2) is 0 Å². The Bertz CT molecular complexity index is 406. The molecule has 0 fully saturated rings. The van der Waals surface area contributed by atoms with Crippen molar-refractivity contribution in [1.29, 1.82) is 0 Å². The van der Waals surface area contributed by atoms with Gasteiger partial charge in [-0.15, -0.1) is 11.8 Å². The molecule has 1 N–H and O–H groups in total. The van der Waals surface area contributed by atoms with Crippen molar-refractivity contribution >= 4 is 27.7 Å². The average molecular weight is 315 g/mol. The molecule has 0 spiro atoms. The fourth-order valence-electron chi connectivity index (χ4n) is 1.62. The van der Waals surface area contributed by atoms with Gasteiger partial charge < -0.3 is 9.84 Å². The molecule has 0 amide bonds. The van der Waals surface area contributed by atoms with Crippen LogP contribution in [-0.2, 0) is 4.74 Å². The summed E-state index contributed by atoms with van der Waals surface area (Å²) in [4.78, 5) is 1.14.